The van der Waals surface area contributed by atoms with Gasteiger partial charge in [-0.2, -0.15) is 5.10 Å². The van der Waals surface area contributed by atoms with Gasteiger partial charge in [0, 0.05) is 26.5 Å². The first-order valence-electron chi connectivity index (χ1n) is 5.75. The van der Waals surface area contributed by atoms with Crippen molar-refractivity contribution in [2.45, 2.75) is 0 Å². The number of halogens is 1. The van der Waals surface area contributed by atoms with Crippen molar-refractivity contribution in [1.29, 1.82) is 0 Å². The number of fused-ring (bicyclic) bond motifs is 3. The summed E-state index contributed by atoms with van der Waals surface area (Å²) in [5.74, 6) is 0. The molecule has 0 atom stereocenters. The van der Waals surface area contributed by atoms with E-state index >= 15 is 0 Å². The molecule has 0 saturated carbocycles. The summed E-state index contributed by atoms with van der Waals surface area (Å²) in [4.78, 5) is 13.7. The smallest absolute Gasteiger partial charge is 0.357 e. The molecule has 0 aliphatic carbocycles. The van der Waals surface area contributed by atoms with Gasteiger partial charge in [-0.05, 0) is 12.1 Å². The molecule has 2 heterocycles. The third-order valence-electron chi connectivity index (χ3n) is 3.17. The van der Waals surface area contributed by atoms with Crippen LogP contribution >= 0.6 is 11.6 Å². The summed E-state index contributed by atoms with van der Waals surface area (Å²) in [5.41, 5.74) is 1.55. The molecule has 0 saturated heterocycles. The van der Waals surface area contributed by atoms with E-state index in [0.29, 0.717) is 11.3 Å². The molecule has 1 aromatic carbocycles. The predicted molar refractivity (Wildman–Crippen MR) is 76.1 cm³/mol. The van der Waals surface area contributed by atoms with Crippen molar-refractivity contribution in [3.8, 4) is 0 Å². The molecule has 0 fully saturated rings. The minimum Gasteiger partial charge on any atom is -0.421 e. The van der Waals surface area contributed by atoms with Crippen LogP contribution in [0.4, 0.5) is 5.69 Å². The van der Waals surface area contributed by atoms with Gasteiger partial charge in [0.2, 0.25) is 0 Å². The molecule has 3 rings (SSSR count). The maximum atomic E-state index is 11.9. The standard InChI is InChI=1S/C13H12ClN3O2/c1-16(2)11-7-4-5-9-8(6-15-17(9)3)12(7)19-13(18)10(11)14/h4-6H,1-3H3. The fourth-order valence-corrected chi connectivity index (χ4v) is 2.60. The van der Waals surface area contributed by atoms with Crippen LogP contribution in [0.2, 0.25) is 5.02 Å². The Hall–Kier alpha value is -2.01. The number of rotatable bonds is 1. The summed E-state index contributed by atoms with van der Waals surface area (Å²) in [6, 6.07) is 3.83. The van der Waals surface area contributed by atoms with Crippen LogP contribution in [0.1, 0.15) is 0 Å². The van der Waals surface area contributed by atoms with Crippen LogP contribution in [0.5, 0.6) is 0 Å². The van der Waals surface area contributed by atoms with Gasteiger partial charge in [-0.25, -0.2) is 4.79 Å². The lowest BCUT2D eigenvalue weighted by molar-refractivity contribution is 0.564. The molecule has 0 radical (unpaired) electrons. The molecule has 0 aliphatic rings. The summed E-state index contributed by atoms with van der Waals surface area (Å²) in [5, 5.41) is 5.88. The fourth-order valence-electron chi connectivity index (χ4n) is 2.29. The first kappa shape index (κ1) is 12.0. The van der Waals surface area contributed by atoms with Crippen molar-refractivity contribution in [1.82, 2.24) is 9.78 Å². The monoisotopic (exact) mass is 277 g/mol. The summed E-state index contributed by atoms with van der Waals surface area (Å²) >= 11 is 6.05. The number of benzene rings is 1. The van der Waals surface area contributed by atoms with Gasteiger partial charge in [0.25, 0.3) is 0 Å². The molecule has 3 aromatic rings. The summed E-state index contributed by atoms with van der Waals surface area (Å²) in [7, 11) is 5.52. The topological polar surface area (TPSA) is 51.3 Å². The van der Waals surface area contributed by atoms with Crippen molar-refractivity contribution < 1.29 is 4.42 Å². The van der Waals surface area contributed by atoms with Gasteiger partial charge in [-0.15, -0.1) is 0 Å². The van der Waals surface area contributed by atoms with E-state index in [9.17, 15) is 4.79 Å². The molecule has 0 spiro atoms. The van der Waals surface area contributed by atoms with Crippen LogP contribution in [0.15, 0.2) is 27.5 Å². The SMILES string of the molecule is CN(C)c1c(Cl)c(=O)oc2c1ccc1c2cnn1C. The second kappa shape index (κ2) is 3.99. The highest BCUT2D eigenvalue weighted by Gasteiger charge is 2.17. The van der Waals surface area contributed by atoms with Gasteiger partial charge in [0.1, 0.15) is 5.02 Å². The Balaban J connectivity index is 2.59. The molecule has 98 valence electrons. The molecule has 2 aromatic heterocycles. The Morgan fingerprint density at radius 3 is 2.74 bits per heavy atom. The molecule has 0 amide bonds. The Bertz CT molecular complexity index is 848. The summed E-state index contributed by atoms with van der Waals surface area (Å²) < 4.78 is 7.08. The van der Waals surface area contributed by atoms with E-state index < -0.39 is 5.63 Å². The van der Waals surface area contributed by atoms with E-state index in [0.717, 1.165) is 16.3 Å². The van der Waals surface area contributed by atoms with Crippen LogP contribution in [0, 0.1) is 0 Å². The molecular weight excluding hydrogens is 266 g/mol. The van der Waals surface area contributed by atoms with Crippen LogP contribution in [0.3, 0.4) is 0 Å². The lowest BCUT2D eigenvalue weighted by atomic mass is 10.1. The van der Waals surface area contributed by atoms with Crippen LogP contribution in [-0.2, 0) is 7.05 Å². The highest BCUT2D eigenvalue weighted by atomic mass is 35.5. The third-order valence-corrected chi connectivity index (χ3v) is 3.50. The van der Waals surface area contributed by atoms with Crippen LogP contribution in [0.25, 0.3) is 21.9 Å². The first-order valence-corrected chi connectivity index (χ1v) is 6.13. The lowest BCUT2D eigenvalue weighted by Crippen LogP contribution is -2.14. The van der Waals surface area contributed by atoms with E-state index in [1.54, 1.807) is 10.9 Å². The number of hydrogen-bond donors (Lipinski definition) is 0. The predicted octanol–water partition coefficient (Wildman–Crippen LogP) is 2.40. The Morgan fingerprint density at radius 1 is 1.32 bits per heavy atom. The number of aromatic nitrogens is 2. The molecule has 0 bridgehead atoms. The van der Waals surface area contributed by atoms with E-state index in [-0.39, 0.29) is 5.02 Å². The van der Waals surface area contributed by atoms with Crippen molar-refractivity contribution in [3.63, 3.8) is 0 Å². The largest absolute Gasteiger partial charge is 0.421 e. The molecule has 0 aliphatic heterocycles. The van der Waals surface area contributed by atoms with Gasteiger partial charge in [0.15, 0.2) is 5.58 Å². The quantitative estimate of drug-likeness (QED) is 0.641. The molecule has 19 heavy (non-hydrogen) atoms. The Kier molecular flexibility index (Phi) is 2.53. The van der Waals surface area contributed by atoms with Crippen LogP contribution < -0.4 is 10.5 Å². The van der Waals surface area contributed by atoms with Gasteiger partial charge < -0.3 is 9.32 Å². The average molecular weight is 278 g/mol. The highest BCUT2D eigenvalue weighted by Crippen LogP contribution is 2.34. The maximum Gasteiger partial charge on any atom is 0.357 e. The third kappa shape index (κ3) is 1.62. The second-order valence-electron chi connectivity index (χ2n) is 4.59. The zero-order valence-electron chi connectivity index (χ0n) is 10.8. The molecule has 0 N–H and O–H groups in total. The van der Waals surface area contributed by atoms with Crippen molar-refractivity contribution in [2.24, 2.45) is 7.05 Å². The number of nitrogens with zero attached hydrogens (tertiary/aromatic N) is 3. The van der Waals surface area contributed by atoms with Gasteiger partial charge >= 0.3 is 5.63 Å². The van der Waals surface area contributed by atoms with Crippen molar-refractivity contribution in [2.75, 3.05) is 19.0 Å². The van der Waals surface area contributed by atoms with Crippen LogP contribution in [-0.4, -0.2) is 23.9 Å². The zero-order chi connectivity index (χ0) is 13.7. The van der Waals surface area contributed by atoms with E-state index in [1.807, 2.05) is 38.2 Å². The molecule has 6 heteroatoms. The highest BCUT2D eigenvalue weighted by molar-refractivity contribution is 6.34. The molecule has 5 nitrogen and oxygen atoms in total. The zero-order valence-corrected chi connectivity index (χ0v) is 11.5. The van der Waals surface area contributed by atoms with E-state index in [4.69, 9.17) is 16.0 Å². The molecular formula is C13H12ClN3O2. The molecule has 0 unspecified atom stereocenters. The van der Waals surface area contributed by atoms with Gasteiger partial charge in [0.05, 0.1) is 22.8 Å². The normalized spacial score (nSPS) is 11.4. The maximum absolute atomic E-state index is 11.9. The minimum absolute atomic E-state index is 0.0979. The average Bonchev–Trinajstić information content (AvgIpc) is 2.73. The lowest BCUT2D eigenvalue weighted by Gasteiger charge is -2.16. The number of anilines is 1. The summed E-state index contributed by atoms with van der Waals surface area (Å²) in [6.07, 6.45) is 1.69. The second-order valence-corrected chi connectivity index (χ2v) is 4.97. The Morgan fingerprint density at radius 2 is 2.05 bits per heavy atom. The summed E-state index contributed by atoms with van der Waals surface area (Å²) in [6.45, 7) is 0. The fraction of sp³-hybridized carbons (Fsp3) is 0.231. The van der Waals surface area contributed by atoms with E-state index in [2.05, 4.69) is 5.10 Å². The van der Waals surface area contributed by atoms with Gasteiger partial charge in [-0.3, -0.25) is 4.68 Å². The Labute approximate surface area is 114 Å². The van der Waals surface area contributed by atoms with Crippen molar-refractivity contribution in [3.05, 3.63) is 33.8 Å². The van der Waals surface area contributed by atoms with Gasteiger partial charge in [-0.1, -0.05) is 11.6 Å². The minimum atomic E-state index is -0.533. The number of hydrogen-bond acceptors (Lipinski definition) is 4. The van der Waals surface area contributed by atoms with E-state index in [1.165, 1.54) is 0 Å². The van der Waals surface area contributed by atoms with Crippen molar-refractivity contribution >= 4 is 39.2 Å². The number of aryl methyl sites for hydroxylation is 1. The first-order chi connectivity index (χ1) is 9.00.